The molecule has 0 spiro atoms. The zero-order valence-electron chi connectivity index (χ0n) is 15.6. The van der Waals surface area contributed by atoms with E-state index in [4.69, 9.17) is 4.52 Å². The van der Waals surface area contributed by atoms with Crippen LogP contribution in [0.15, 0.2) is 47.2 Å². The molecule has 0 fully saturated rings. The molecule has 1 N–H and O–H groups in total. The van der Waals surface area contributed by atoms with Crippen LogP contribution in [0.4, 0.5) is 0 Å². The van der Waals surface area contributed by atoms with Crippen LogP contribution in [0.3, 0.4) is 0 Å². The van der Waals surface area contributed by atoms with Gasteiger partial charge in [0, 0.05) is 24.4 Å². The number of hydrogen-bond acceptors (Lipinski definition) is 6. The highest BCUT2D eigenvalue weighted by molar-refractivity contribution is 5.50. The Labute approximate surface area is 159 Å². The summed E-state index contributed by atoms with van der Waals surface area (Å²) in [4.78, 5) is 13.1. The van der Waals surface area contributed by atoms with Crippen LogP contribution >= 0.6 is 0 Å². The van der Waals surface area contributed by atoms with Gasteiger partial charge < -0.3 is 9.84 Å². The van der Waals surface area contributed by atoms with Gasteiger partial charge in [0.05, 0.1) is 0 Å². The molecule has 0 radical (unpaired) electrons. The summed E-state index contributed by atoms with van der Waals surface area (Å²) in [5.41, 5.74) is 2.22. The predicted octanol–water partition coefficient (Wildman–Crippen LogP) is 3.10. The Kier molecular flexibility index (Phi) is 6.66. The molecule has 0 bridgehead atoms. The zero-order valence-corrected chi connectivity index (χ0v) is 15.6. The van der Waals surface area contributed by atoms with E-state index < -0.39 is 0 Å². The Morgan fingerprint density at radius 1 is 1.15 bits per heavy atom. The van der Waals surface area contributed by atoms with E-state index in [0.29, 0.717) is 23.3 Å². The molecule has 0 saturated carbocycles. The average molecular weight is 361 g/mol. The number of hydrogen-bond donors (Lipinski definition) is 1. The van der Waals surface area contributed by atoms with Crippen molar-refractivity contribution in [3.8, 4) is 23.4 Å². The molecule has 1 atom stereocenters. The molecule has 0 aliphatic carbocycles. The molecule has 3 heterocycles. The molecule has 27 heavy (non-hydrogen) atoms. The van der Waals surface area contributed by atoms with Crippen molar-refractivity contribution >= 4 is 0 Å². The second-order valence-corrected chi connectivity index (χ2v) is 6.28. The first-order valence-corrected chi connectivity index (χ1v) is 9.15. The minimum atomic E-state index is 0.512. The molecular weight excluding hydrogens is 338 g/mol. The van der Waals surface area contributed by atoms with Gasteiger partial charge in [-0.05, 0) is 56.1 Å². The second-order valence-electron chi connectivity index (χ2n) is 6.28. The zero-order chi connectivity index (χ0) is 18.9. The van der Waals surface area contributed by atoms with Gasteiger partial charge in [-0.2, -0.15) is 4.98 Å². The van der Waals surface area contributed by atoms with Gasteiger partial charge in [0.2, 0.25) is 11.7 Å². The summed E-state index contributed by atoms with van der Waals surface area (Å²) in [5, 5.41) is 7.25. The molecule has 0 unspecified atom stereocenters. The number of pyridine rings is 2. The van der Waals surface area contributed by atoms with Crippen molar-refractivity contribution in [3.63, 3.8) is 0 Å². The van der Waals surface area contributed by atoms with Gasteiger partial charge >= 0.3 is 0 Å². The van der Waals surface area contributed by atoms with E-state index in [1.54, 1.807) is 12.4 Å². The van der Waals surface area contributed by atoms with Gasteiger partial charge in [-0.25, -0.2) is 4.98 Å². The van der Waals surface area contributed by atoms with E-state index >= 15 is 0 Å². The van der Waals surface area contributed by atoms with Crippen LogP contribution < -0.4 is 5.32 Å². The summed E-state index contributed by atoms with van der Waals surface area (Å²) in [6.45, 7) is 3.17. The van der Waals surface area contributed by atoms with Crippen LogP contribution in [-0.2, 0) is 6.42 Å². The SMILES string of the molecule is CC[C@@H](CCNC)Cc1nc(-c2ccc(C#Cc3ccccn3)cn2)no1. The topological polar surface area (TPSA) is 76.7 Å². The Bertz CT molecular complexity index is 894. The highest BCUT2D eigenvalue weighted by atomic mass is 16.5. The van der Waals surface area contributed by atoms with Crippen molar-refractivity contribution in [2.75, 3.05) is 13.6 Å². The monoisotopic (exact) mass is 361 g/mol. The first kappa shape index (κ1) is 18.7. The molecule has 3 rings (SSSR count). The van der Waals surface area contributed by atoms with Crippen molar-refractivity contribution in [2.45, 2.75) is 26.2 Å². The fourth-order valence-electron chi connectivity index (χ4n) is 2.66. The Balaban J connectivity index is 1.65. The molecule has 0 saturated heterocycles. The van der Waals surface area contributed by atoms with Gasteiger partial charge in [-0.1, -0.05) is 30.5 Å². The Morgan fingerprint density at radius 2 is 2.07 bits per heavy atom. The lowest BCUT2D eigenvalue weighted by molar-refractivity contribution is 0.340. The first-order valence-electron chi connectivity index (χ1n) is 9.15. The minimum absolute atomic E-state index is 0.512. The van der Waals surface area contributed by atoms with Crippen molar-refractivity contribution < 1.29 is 4.52 Å². The number of aromatic nitrogens is 4. The second kappa shape index (κ2) is 9.60. The summed E-state index contributed by atoms with van der Waals surface area (Å²) in [7, 11) is 1.97. The van der Waals surface area contributed by atoms with Gasteiger partial charge in [0.1, 0.15) is 11.4 Å². The molecule has 0 aliphatic heterocycles. The van der Waals surface area contributed by atoms with E-state index in [9.17, 15) is 0 Å². The van der Waals surface area contributed by atoms with Crippen LogP contribution in [0.5, 0.6) is 0 Å². The molecule has 0 aromatic carbocycles. The quantitative estimate of drug-likeness (QED) is 0.652. The third kappa shape index (κ3) is 5.47. The summed E-state index contributed by atoms with van der Waals surface area (Å²) < 4.78 is 5.41. The normalized spacial score (nSPS) is 11.6. The maximum Gasteiger partial charge on any atom is 0.227 e. The van der Waals surface area contributed by atoms with Crippen molar-refractivity contribution in [1.82, 2.24) is 25.4 Å². The van der Waals surface area contributed by atoms with Crippen LogP contribution in [0.1, 0.15) is 36.9 Å². The molecule has 138 valence electrons. The number of nitrogens with one attached hydrogen (secondary N) is 1. The lowest BCUT2D eigenvalue weighted by Crippen LogP contribution is -2.14. The Hall–Kier alpha value is -3.04. The van der Waals surface area contributed by atoms with Crippen molar-refractivity contribution in [3.05, 3.63) is 59.9 Å². The summed E-state index contributed by atoms with van der Waals surface area (Å²) in [6, 6.07) is 9.40. The highest BCUT2D eigenvalue weighted by Crippen LogP contribution is 2.18. The average Bonchev–Trinajstić information content (AvgIpc) is 3.19. The lowest BCUT2D eigenvalue weighted by atomic mass is 9.98. The highest BCUT2D eigenvalue weighted by Gasteiger charge is 2.14. The third-order valence-corrected chi connectivity index (χ3v) is 4.30. The summed E-state index contributed by atoms with van der Waals surface area (Å²) in [6.07, 6.45) is 6.40. The summed E-state index contributed by atoms with van der Waals surface area (Å²) in [5.74, 6) is 7.77. The smallest absolute Gasteiger partial charge is 0.227 e. The van der Waals surface area contributed by atoms with E-state index in [2.05, 4.69) is 44.2 Å². The largest absolute Gasteiger partial charge is 0.339 e. The molecule has 3 aromatic rings. The van der Waals surface area contributed by atoms with Crippen LogP contribution in [0.2, 0.25) is 0 Å². The maximum absolute atomic E-state index is 5.41. The first-order chi connectivity index (χ1) is 13.3. The maximum atomic E-state index is 5.41. The molecule has 0 amide bonds. The van der Waals surface area contributed by atoms with E-state index in [1.165, 1.54) is 0 Å². The molecule has 6 nitrogen and oxygen atoms in total. The fraction of sp³-hybridized carbons (Fsp3) is 0.333. The van der Waals surface area contributed by atoms with E-state index in [-0.39, 0.29) is 0 Å². The van der Waals surface area contributed by atoms with Crippen LogP contribution in [0.25, 0.3) is 11.5 Å². The molecule has 6 heteroatoms. The summed E-state index contributed by atoms with van der Waals surface area (Å²) >= 11 is 0. The van der Waals surface area contributed by atoms with Gasteiger partial charge in [-0.3, -0.25) is 4.98 Å². The third-order valence-electron chi connectivity index (χ3n) is 4.30. The standard InChI is InChI=1S/C21H23N5O/c1-3-16(11-13-22-2)14-20-25-21(26-27-20)19-10-8-17(15-24-19)7-9-18-6-4-5-12-23-18/h4-6,8,10,12,15-16,22H,3,11,13-14H2,1-2H3/t16-/m0/s1. The minimum Gasteiger partial charge on any atom is -0.339 e. The van der Waals surface area contributed by atoms with Gasteiger partial charge in [-0.15, -0.1) is 0 Å². The predicted molar refractivity (Wildman–Crippen MR) is 104 cm³/mol. The van der Waals surface area contributed by atoms with Gasteiger partial charge in [0.15, 0.2) is 0 Å². The van der Waals surface area contributed by atoms with Crippen LogP contribution in [0, 0.1) is 17.8 Å². The van der Waals surface area contributed by atoms with Crippen molar-refractivity contribution in [1.29, 1.82) is 0 Å². The number of rotatable bonds is 7. The van der Waals surface area contributed by atoms with E-state index in [0.717, 1.165) is 37.1 Å². The molecular formula is C21H23N5O. The van der Waals surface area contributed by atoms with Crippen molar-refractivity contribution in [2.24, 2.45) is 5.92 Å². The van der Waals surface area contributed by atoms with E-state index in [1.807, 2.05) is 37.4 Å². The molecule has 0 aliphatic rings. The molecule has 3 aromatic heterocycles. The Morgan fingerprint density at radius 3 is 2.78 bits per heavy atom. The lowest BCUT2D eigenvalue weighted by Gasteiger charge is -2.11. The van der Waals surface area contributed by atoms with Gasteiger partial charge in [0.25, 0.3) is 0 Å². The number of nitrogens with zero attached hydrogens (tertiary/aromatic N) is 4. The van der Waals surface area contributed by atoms with Crippen LogP contribution in [-0.4, -0.2) is 33.7 Å². The fourth-order valence-corrected chi connectivity index (χ4v) is 2.66.